The van der Waals surface area contributed by atoms with Crippen molar-refractivity contribution in [1.82, 2.24) is 45.0 Å². The predicted octanol–water partition coefficient (Wildman–Crippen LogP) is 4.48. The van der Waals surface area contributed by atoms with Crippen LogP contribution in [0.2, 0.25) is 0 Å². The molecule has 9 rings (SSSR count). The summed E-state index contributed by atoms with van der Waals surface area (Å²) in [5.74, 6) is -1.41. The van der Waals surface area contributed by atoms with Crippen molar-refractivity contribution in [3.8, 4) is 34.2 Å². The molecule has 0 aliphatic carbocycles. The molecule has 0 fully saturated rings. The lowest BCUT2D eigenvalue weighted by Gasteiger charge is -2.24. The van der Waals surface area contributed by atoms with Gasteiger partial charge in [0.2, 0.25) is 0 Å². The van der Waals surface area contributed by atoms with Gasteiger partial charge in [-0.25, -0.2) is 34.7 Å². The fraction of sp³-hybridized carbons (Fsp3) is 0.200. The summed E-state index contributed by atoms with van der Waals surface area (Å²) in [6.45, 7) is 2.83. The number of nitrogens with one attached hydrogen (secondary N) is 1. The molecule has 0 radical (unpaired) electrons. The van der Waals surface area contributed by atoms with Crippen LogP contribution in [0, 0.1) is 0 Å². The Morgan fingerprint density at radius 3 is 1.28 bits per heavy atom. The molecule has 0 unspecified atom stereocenters. The Morgan fingerprint density at radius 1 is 0.528 bits per heavy atom. The van der Waals surface area contributed by atoms with E-state index in [-0.39, 0.29) is 24.6 Å². The average molecular weight is 705 g/mol. The van der Waals surface area contributed by atoms with Crippen LogP contribution in [0.4, 0.5) is 0 Å². The first kappa shape index (κ1) is 33.8. The SMILES string of the molecule is NCCNC(=O)c1cc2nc(c1)-c1cc(C(=O)O)cc(n1)CN1Cc3cccc(n3)-c3cccc(n3)CN(Cc3cccc(n3)-c3cccc(n3)C1)C2. The number of amides is 1. The number of carbonyl (C=O) groups excluding carboxylic acids is 1. The van der Waals surface area contributed by atoms with E-state index in [0.717, 1.165) is 45.6 Å². The molecule has 0 aromatic carbocycles. The third kappa shape index (κ3) is 7.82. The molecule has 4 N–H and O–H groups in total. The lowest BCUT2D eigenvalue weighted by molar-refractivity contribution is 0.0696. The number of nitrogens with two attached hydrogens (primary N) is 1. The average Bonchev–Trinajstić information content (AvgIpc) is 3.16. The van der Waals surface area contributed by atoms with E-state index < -0.39 is 5.97 Å². The molecule has 0 spiro atoms. The summed E-state index contributed by atoms with van der Waals surface area (Å²) in [5.41, 5.74) is 14.2. The number of nitrogens with zero attached hydrogens (tertiary/aromatic N) is 8. The summed E-state index contributed by atoms with van der Waals surface area (Å²) >= 11 is 0. The van der Waals surface area contributed by atoms with Crippen molar-refractivity contribution in [2.45, 2.75) is 39.3 Å². The highest BCUT2D eigenvalue weighted by molar-refractivity contribution is 5.95. The molecule has 13 heteroatoms. The maximum absolute atomic E-state index is 13.4. The second-order valence-corrected chi connectivity index (χ2v) is 13.2. The summed E-state index contributed by atoms with van der Waals surface area (Å²) in [6, 6.07) is 30.1. The van der Waals surface area contributed by atoms with E-state index in [4.69, 9.17) is 35.6 Å². The second kappa shape index (κ2) is 14.8. The molecule has 3 aliphatic heterocycles. The lowest BCUT2D eigenvalue weighted by Crippen LogP contribution is -2.29. The number of hydrogen-bond acceptors (Lipinski definition) is 11. The van der Waals surface area contributed by atoms with Crippen molar-refractivity contribution in [3.63, 3.8) is 0 Å². The highest BCUT2D eigenvalue weighted by Gasteiger charge is 2.21. The van der Waals surface area contributed by atoms with Crippen LogP contribution >= 0.6 is 0 Å². The van der Waals surface area contributed by atoms with Crippen molar-refractivity contribution >= 4 is 11.9 Å². The second-order valence-electron chi connectivity index (χ2n) is 13.2. The smallest absolute Gasteiger partial charge is 0.335 e. The van der Waals surface area contributed by atoms with Gasteiger partial charge in [-0.05, 0) is 72.8 Å². The molecule has 6 aromatic heterocycles. The minimum atomic E-state index is -1.10. The summed E-state index contributed by atoms with van der Waals surface area (Å²) in [5, 5.41) is 13.1. The van der Waals surface area contributed by atoms with Gasteiger partial charge in [-0.15, -0.1) is 0 Å². The highest BCUT2D eigenvalue weighted by Crippen LogP contribution is 2.26. The van der Waals surface area contributed by atoms with Gasteiger partial charge in [0.15, 0.2) is 0 Å². The van der Waals surface area contributed by atoms with Crippen molar-refractivity contribution in [2.24, 2.45) is 5.73 Å². The third-order valence-electron chi connectivity index (χ3n) is 9.02. The van der Waals surface area contributed by atoms with Crippen LogP contribution in [-0.4, -0.2) is 69.8 Å². The van der Waals surface area contributed by atoms with Crippen LogP contribution in [0.25, 0.3) is 34.2 Å². The molecular formula is C40H36N10O3. The van der Waals surface area contributed by atoms with Crippen molar-refractivity contribution in [1.29, 1.82) is 0 Å². The summed E-state index contributed by atoms with van der Waals surface area (Å²) in [6.07, 6.45) is 0. The van der Waals surface area contributed by atoms with Gasteiger partial charge in [0, 0.05) is 57.9 Å². The normalized spacial score (nSPS) is 16.3. The molecule has 53 heavy (non-hydrogen) atoms. The molecule has 6 aromatic rings. The first-order valence-corrected chi connectivity index (χ1v) is 17.4. The fourth-order valence-corrected chi connectivity index (χ4v) is 6.69. The summed E-state index contributed by atoms with van der Waals surface area (Å²) < 4.78 is 0. The molecule has 1 amide bonds. The van der Waals surface area contributed by atoms with E-state index in [1.165, 1.54) is 6.07 Å². The van der Waals surface area contributed by atoms with Crippen LogP contribution in [0.5, 0.6) is 0 Å². The Kier molecular flexibility index (Phi) is 9.42. The Bertz CT molecular complexity index is 2250. The monoisotopic (exact) mass is 704 g/mol. The van der Waals surface area contributed by atoms with Gasteiger partial charge in [0.1, 0.15) is 0 Å². The number of pyridine rings is 6. The van der Waals surface area contributed by atoms with Gasteiger partial charge in [0.25, 0.3) is 5.91 Å². The van der Waals surface area contributed by atoms with Crippen LogP contribution in [0.1, 0.15) is 54.9 Å². The molecule has 3 aliphatic rings. The van der Waals surface area contributed by atoms with E-state index in [1.54, 1.807) is 18.2 Å². The molecule has 13 nitrogen and oxygen atoms in total. The van der Waals surface area contributed by atoms with Crippen molar-refractivity contribution < 1.29 is 14.7 Å². The molecule has 0 atom stereocenters. The van der Waals surface area contributed by atoms with E-state index in [1.807, 2.05) is 72.8 Å². The molecular weight excluding hydrogens is 669 g/mol. The van der Waals surface area contributed by atoms with E-state index in [9.17, 15) is 14.7 Å². The number of aromatic carboxylic acids is 1. The van der Waals surface area contributed by atoms with Crippen LogP contribution in [0.3, 0.4) is 0 Å². The maximum Gasteiger partial charge on any atom is 0.335 e. The highest BCUT2D eigenvalue weighted by atomic mass is 16.4. The molecule has 0 saturated carbocycles. The standard InChI is InChI=1S/C40H36N10O3/c41-13-14-42-39(51)25-15-31-23-49-19-27-5-1-9-33(43-27)35-11-3-7-29(45-35)21-50(24-32-16-26(40(52)53)18-38(48-32)37(17-25)47-31)22-30-8-4-12-36(46-30)34-10-2-6-28(20-49)44-34/h1-12,15-18H,13-14,19-24,41H2,(H,42,51)(H,52,53). The van der Waals surface area contributed by atoms with Gasteiger partial charge >= 0.3 is 5.97 Å². The number of carboxylic acids is 1. The number of hydrogen-bond donors (Lipinski definition) is 3. The molecule has 0 saturated heterocycles. The topological polar surface area (TPSA) is 176 Å². The number of aromatic nitrogens is 6. The number of carbonyl (C=O) groups is 2. The zero-order chi connectivity index (χ0) is 36.3. The van der Waals surface area contributed by atoms with E-state index in [0.29, 0.717) is 67.6 Å². The van der Waals surface area contributed by atoms with Crippen molar-refractivity contribution in [3.05, 3.63) is 142 Å². The quantitative estimate of drug-likeness (QED) is 0.235. The molecule has 264 valence electrons. The number of carboxylic acid groups (broad SMARTS) is 1. The Balaban J connectivity index is 1.37. The Hall–Kier alpha value is -6.28. The Morgan fingerprint density at radius 2 is 0.887 bits per heavy atom. The first-order chi connectivity index (χ1) is 25.8. The number of rotatable bonds is 4. The van der Waals surface area contributed by atoms with E-state index in [2.05, 4.69) is 15.1 Å². The molecule has 9 heterocycles. The Labute approximate surface area is 305 Å². The summed E-state index contributed by atoms with van der Waals surface area (Å²) in [4.78, 5) is 60.4. The van der Waals surface area contributed by atoms with E-state index >= 15 is 0 Å². The van der Waals surface area contributed by atoms with Crippen LogP contribution in [0.15, 0.2) is 97.1 Å². The van der Waals surface area contributed by atoms with Crippen LogP contribution < -0.4 is 11.1 Å². The fourth-order valence-electron chi connectivity index (χ4n) is 6.69. The lowest BCUT2D eigenvalue weighted by atomic mass is 10.1. The molecule has 14 bridgehead atoms. The van der Waals surface area contributed by atoms with Crippen LogP contribution in [-0.2, 0) is 39.3 Å². The van der Waals surface area contributed by atoms with Crippen molar-refractivity contribution in [2.75, 3.05) is 13.1 Å². The summed E-state index contributed by atoms with van der Waals surface area (Å²) in [7, 11) is 0. The maximum atomic E-state index is 13.4. The zero-order valence-corrected chi connectivity index (χ0v) is 28.8. The largest absolute Gasteiger partial charge is 0.478 e. The minimum Gasteiger partial charge on any atom is -0.478 e. The van der Waals surface area contributed by atoms with Gasteiger partial charge < -0.3 is 16.2 Å². The predicted molar refractivity (Wildman–Crippen MR) is 197 cm³/mol. The van der Waals surface area contributed by atoms with Gasteiger partial charge in [-0.3, -0.25) is 14.6 Å². The van der Waals surface area contributed by atoms with Gasteiger partial charge in [-0.2, -0.15) is 0 Å². The zero-order valence-electron chi connectivity index (χ0n) is 28.8. The minimum absolute atomic E-state index is 0.0612. The third-order valence-corrected chi connectivity index (χ3v) is 9.02. The first-order valence-electron chi connectivity index (χ1n) is 17.4. The van der Waals surface area contributed by atoms with Gasteiger partial charge in [-0.1, -0.05) is 24.3 Å². The van der Waals surface area contributed by atoms with Gasteiger partial charge in [0.05, 0.1) is 73.9 Å².